The quantitative estimate of drug-likeness (QED) is 0.650. The van der Waals surface area contributed by atoms with Gasteiger partial charge in [0.05, 0.1) is 11.2 Å². The molecule has 6 heteroatoms. The molecule has 2 aromatic rings. The van der Waals surface area contributed by atoms with Gasteiger partial charge in [-0.05, 0) is 19.1 Å². The molecule has 0 unspecified atom stereocenters. The summed E-state index contributed by atoms with van der Waals surface area (Å²) in [7, 11) is 1.59. The summed E-state index contributed by atoms with van der Waals surface area (Å²) in [5.74, 6) is -0.402. The number of benzene rings is 1. The summed E-state index contributed by atoms with van der Waals surface area (Å²) in [6.45, 7) is 1.95. The monoisotopic (exact) mass is 231 g/mol. The minimum atomic E-state index is -0.402. The number of hydrogen-bond acceptors (Lipinski definition) is 5. The molecule has 0 saturated heterocycles. The number of nitrogens with one attached hydrogen (secondary N) is 2. The predicted molar refractivity (Wildman–Crippen MR) is 65.2 cm³/mol. The Kier molecular flexibility index (Phi) is 2.88. The van der Waals surface area contributed by atoms with Crippen molar-refractivity contribution in [3.63, 3.8) is 0 Å². The summed E-state index contributed by atoms with van der Waals surface area (Å²) in [5, 5.41) is 8.53. The third-order valence-electron chi connectivity index (χ3n) is 2.41. The Morgan fingerprint density at radius 3 is 2.82 bits per heavy atom. The number of carbonyl (C=O) groups excluding carboxylic acids is 1. The van der Waals surface area contributed by atoms with Gasteiger partial charge in [0.15, 0.2) is 5.69 Å². The van der Waals surface area contributed by atoms with Crippen LogP contribution in [0.2, 0.25) is 0 Å². The van der Waals surface area contributed by atoms with Crippen LogP contribution in [0.25, 0.3) is 10.9 Å². The first-order valence-electron chi connectivity index (χ1n) is 5.13. The van der Waals surface area contributed by atoms with Crippen LogP contribution in [0.3, 0.4) is 0 Å². The Hall–Kier alpha value is -2.21. The number of hydrogen-bond donors (Lipinski definition) is 3. The molecule has 4 N–H and O–H groups in total. The Labute approximate surface area is 98.2 Å². The number of fused-ring (bicyclic) bond motifs is 1. The van der Waals surface area contributed by atoms with E-state index in [0.717, 1.165) is 10.9 Å². The van der Waals surface area contributed by atoms with Crippen LogP contribution in [0.1, 0.15) is 16.1 Å². The number of aryl methyl sites for hydroxylation is 1. The highest BCUT2D eigenvalue weighted by molar-refractivity contribution is 6.04. The fourth-order valence-electron chi connectivity index (χ4n) is 1.58. The number of nitrogens with zero attached hydrogens (tertiary/aromatic N) is 2. The number of nitrogen functional groups attached to an aromatic ring is 1. The first-order valence-corrected chi connectivity index (χ1v) is 5.13. The minimum Gasteiger partial charge on any atom is -0.396 e. The van der Waals surface area contributed by atoms with Crippen LogP contribution in [-0.2, 0) is 0 Å². The van der Waals surface area contributed by atoms with E-state index in [9.17, 15) is 4.79 Å². The average Bonchev–Trinajstić information content (AvgIpc) is 2.30. The molecule has 0 saturated carbocycles. The van der Waals surface area contributed by atoms with Gasteiger partial charge in [-0.15, -0.1) is 10.2 Å². The van der Waals surface area contributed by atoms with Gasteiger partial charge >= 0.3 is 0 Å². The predicted octanol–water partition coefficient (Wildman–Crippen LogP) is 0.385. The molecule has 1 amide bonds. The summed E-state index contributed by atoms with van der Waals surface area (Å²) in [6, 6.07) is 5.63. The molecule has 6 nitrogen and oxygen atoms in total. The Morgan fingerprint density at radius 2 is 2.12 bits per heavy atom. The van der Waals surface area contributed by atoms with E-state index in [4.69, 9.17) is 5.73 Å². The second-order valence-corrected chi connectivity index (χ2v) is 3.69. The van der Waals surface area contributed by atoms with Crippen LogP contribution in [0.4, 0.5) is 5.69 Å². The molecule has 0 atom stereocenters. The maximum absolute atomic E-state index is 11.6. The first kappa shape index (κ1) is 11.3. The second-order valence-electron chi connectivity index (χ2n) is 3.69. The molecule has 0 aliphatic rings. The SMILES string of the molecule is CNNC(=O)c1nnc2ccc(C)cc2c1N. The maximum Gasteiger partial charge on any atom is 0.288 e. The molecule has 2 rings (SSSR count). The smallest absolute Gasteiger partial charge is 0.288 e. The van der Waals surface area contributed by atoms with E-state index < -0.39 is 5.91 Å². The number of rotatable bonds is 2. The third kappa shape index (κ3) is 2.02. The van der Waals surface area contributed by atoms with E-state index in [1.54, 1.807) is 7.05 Å². The summed E-state index contributed by atoms with van der Waals surface area (Å²) in [4.78, 5) is 11.6. The number of nitrogens with two attached hydrogens (primary N) is 1. The van der Waals surface area contributed by atoms with Crippen LogP contribution in [-0.4, -0.2) is 23.2 Å². The number of anilines is 1. The molecular weight excluding hydrogens is 218 g/mol. The fourth-order valence-corrected chi connectivity index (χ4v) is 1.58. The van der Waals surface area contributed by atoms with Gasteiger partial charge in [0.25, 0.3) is 5.91 Å². The molecule has 1 heterocycles. The van der Waals surface area contributed by atoms with E-state index in [1.807, 2.05) is 25.1 Å². The molecule has 1 aromatic heterocycles. The van der Waals surface area contributed by atoms with Gasteiger partial charge in [-0.3, -0.25) is 10.2 Å². The van der Waals surface area contributed by atoms with Crippen molar-refractivity contribution in [3.8, 4) is 0 Å². The van der Waals surface area contributed by atoms with Crippen LogP contribution < -0.4 is 16.6 Å². The molecule has 1 aromatic carbocycles. The van der Waals surface area contributed by atoms with Crippen molar-refractivity contribution >= 4 is 22.5 Å². The van der Waals surface area contributed by atoms with Crippen molar-refractivity contribution in [1.29, 1.82) is 0 Å². The number of amides is 1. The standard InChI is InChI=1S/C11H13N5O/c1-6-3-4-8-7(5-6)9(12)10(15-14-8)11(17)16-13-2/h3-5,13H,1-2H3,(H2,12,14)(H,16,17). The van der Waals surface area contributed by atoms with Crippen LogP contribution >= 0.6 is 0 Å². The van der Waals surface area contributed by atoms with Gasteiger partial charge in [0, 0.05) is 12.4 Å². The summed E-state index contributed by atoms with van der Waals surface area (Å²) >= 11 is 0. The summed E-state index contributed by atoms with van der Waals surface area (Å²) in [5.41, 5.74) is 13.1. The largest absolute Gasteiger partial charge is 0.396 e. The topological polar surface area (TPSA) is 92.9 Å². The van der Waals surface area contributed by atoms with Crippen molar-refractivity contribution in [2.75, 3.05) is 12.8 Å². The maximum atomic E-state index is 11.6. The molecule has 0 bridgehead atoms. The molecule has 0 fully saturated rings. The van der Waals surface area contributed by atoms with Gasteiger partial charge in [0.1, 0.15) is 0 Å². The third-order valence-corrected chi connectivity index (χ3v) is 2.41. The van der Waals surface area contributed by atoms with Crippen molar-refractivity contribution in [1.82, 2.24) is 21.0 Å². The summed E-state index contributed by atoms with van der Waals surface area (Å²) < 4.78 is 0. The lowest BCUT2D eigenvalue weighted by Crippen LogP contribution is -2.35. The van der Waals surface area contributed by atoms with Crippen LogP contribution in [0, 0.1) is 6.92 Å². The van der Waals surface area contributed by atoms with Crippen molar-refractivity contribution in [2.24, 2.45) is 0 Å². The van der Waals surface area contributed by atoms with Crippen LogP contribution in [0.15, 0.2) is 18.2 Å². The lowest BCUT2D eigenvalue weighted by molar-refractivity contribution is 0.0933. The Balaban J connectivity index is 2.60. The van der Waals surface area contributed by atoms with Gasteiger partial charge in [-0.2, -0.15) is 0 Å². The van der Waals surface area contributed by atoms with E-state index in [1.165, 1.54) is 0 Å². The number of aromatic nitrogens is 2. The lowest BCUT2D eigenvalue weighted by Gasteiger charge is -2.07. The average molecular weight is 231 g/mol. The second kappa shape index (κ2) is 4.34. The zero-order valence-corrected chi connectivity index (χ0v) is 9.61. The molecule has 0 aliphatic heterocycles. The molecular formula is C11H13N5O. The molecule has 0 aliphatic carbocycles. The summed E-state index contributed by atoms with van der Waals surface area (Å²) in [6.07, 6.45) is 0. The van der Waals surface area contributed by atoms with Crippen LogP contribution in [0.5, 0.6) is 0 Å². The molecule has 88 valence electrons. The van der Waals surface area contributed by atoms with E-state index in [0.29, 0.717) is 11.2 Å². The van der Waals surface area contributed by atoms with E-state index in [-0.39, 0.29) is 5.69 Å². The Morgan fingerprint density at radius 1 is 1.35 bits per heavy atom. The minimum absolute atomic E-state index is 0.123. The first-order chi connectivity index (χ1) is 8.13. The lowest BCUT2D eigenvalue weighted by atomic mass is 10.1. The van der Waals surface area contributed by atoms with E-state index >= 15 is 0 Å². The number of hydrazine groups is 1. The highest BCUT2D eigenvalue weighted by Crippen LogP contribution is 2.22. The van der Waals surface area contributed by atoms with Gasteiger partial charge in [-0.1, -0.05) is 11.6 Å². The van der Waals surface area contributed by atoms with Crippen molar-refractivity contribution in [3.05, 3.63) is 29.5 Å². The highest BCUT2D eigenvalue weighted by Gasteiger charge is 2.14. The zero-order valence-electron chi connectivity index (χ0n) is 9.61. The normalized spacial score (nSPS) is 10.5. The van der Waals surface area contributed by atoms with Gasteiger partial charge < -0.3 is 5.73 Å². The fraction of sp³-hybridized carbons (Fsp3) is 0.182. The van der Waals surface area contributed by atoms with Gasteiger partial charge in [0.2, 0.25) is 0 Å². The van der Waals surface area contributed by atoms with Crippen molar-refractivity contribution in [2.45, 2.75) is 6.92 Å². The van der Waals surface area contributed by atoms with E-state index in [2.05, 4.69) is 21.0 Å². The number of carbonyl (C=O) groups is 1. The molecule has 0 spiro atoms. The van der Waals surface area contributed by atoms with Crippen molar-refractivity contribution < 1.29 is 4.79 Å². The molecule has 0 radical (unpaired) electrons. The Bertz CT molecular complexity index is 581. The van der Waals surface area contributed by atoms with Gasteiger partial charge in [-0.25, -0.2) is 5.43 Å². The molecule has 17 heavy (non-hydrogen) atoms. The highest BCUT2D eigenvalue weighted by atomic mass is 16.2. The zero-order chi connectivity index (χ0) is 12.4.